The van der Waals surface area contributed by atoms with Crippen molar-refractivity contribution in [2.45, 2.75) is 6.17 Å². The van der Waals surface area contributed by atoms with E-state index < -0.39 is 6.17 Å². The molecular formula is C10H16N4O. The fraction of sp³-hybridized carbons (Fsp3) is 0.300. The van der Waals surface area contributed by atoms with Crippen molar-refractivity contribution < 1.29 is 4.79 Å². The van der Waals surface area contributed by atoms with Crippen LogP contribution in [0, 0.1) is 0 Å². The molecule has 0 unspecified atom stereocenters. The van der Waals surface area contributed by atoms with Gasteiger partial charge < -0.3 is 22.5 Å². The molecule has 0 aliphatic rings. The molecular weight excluding hydrogens is 192 g/mol. The van der Waals surface area contributed by atoms with E-state index in [0.29, 0.717) is 18.7 Å². The van der Waals surface area contributed by atoms with Crippen LogP contribution >= 0.6 is 0 Å². The largest absolute Gasteiger partial charge is 0.351 e. The highest BCUT2D eigenvalue weighted by atomic mass is 16.1. The Kier molecular flexibility index (Phi) is 4.23. The van der Waals surface area contributed by atoms with Gasteiger partial charge in [-0.2, -0.15) is 0 Å². The number of nitrogens with two attached hydrogens (primary N) is 3. The van der Waals surface area contributed by atoms with Gasteiger partial charge in [0.15, 0.2) is 0 Å². The Labute approximate surface area is 88.6 Å². The van der Waals surface area contributed by atoms with E-state index in [1.807, 2.05) is 0 Å². The highest BCUT2D eigenvalue weighted by Crippen LogP contribution is 2.07. The summed E-state index contributed by atoms with van der Waals surface area (Å²) in [5.41, 5.74) is 17.6. The highest BCUT2D eigenvalue weighted by molar-refractivity contribution is 5.94. The smallest absolute Gasteiger partial charge is 0.251 e. The summed E-state index contributed by atoms with van der Waals surface area (Å²) in [5.74, 6) is -0.141. The third-order valence-corrected chi connectivity index (χ3v) is 1.99. The monoisotopic (exact) mass is 208 g/mol. The Morgan fingerprint density at radius 2 is 1.87 bits per heavy atom. The Hall–Kier alpha value is -1.43. The molecule has 82 valence electrons. The van der Waals surface area contributed by atoms with Crippen molar-refractivity contribution in [2.75, 3.05) is 13.1 Å². The highest BCUT2D eigenvalue weighted by Gasteiger charge is 2.05. The van der Waals surface area contributed by atoms with E-state index in [4.69, 9.17) is 17.2 Å². The van der Waals surface area contributed by atoms with Crippen molar-refractivity contribution in [1.29, 1.82) is 0 Å². The zero-order valence-electron chi connectivity index (χ0n) is 8.44. The second-order valence-corrected chi connectivity index (χ2v) is 3.19. The maximum Gasteiger partial charge on any atom is 0.251 e. The summed E-state index contributed by atoms with van der Waals surface area (Å²) in [6.07, 6.45) is -0.508. The number of nitrogens with one attached hydrogen (secondary N) is 1. The van der Waals surface area contributed by atoms with Crippen LogP contribution < -0.4 is 22.5 Å². The van der Waals surface area contributed by atoms with Crippen molar-refractivity contribution in [2.24, 2.45) is 17.2 Å². The molecule has 0 radical (unpaired) electrons. The van der Waals surface area contributed by atoms with Gasteiger partial charge in [0.25, 0.3) is 5.91 Å². The molecule has 15 heavy (non-hydrogen) atoms. The van der Waals surface area contributed by atoms with Crippen LogP contribution in [0.4, 0.5) is 0 Å². The lowest BCUT2D eigenvalue weighted by Crippen LogP contribution is -2.29. The van der Waals surface area contributed by atoms with Gasteiger partial charge in [0.1, 0.15) is 0 Å². The number of benzene rings is 1. The third-order valence-electron chi connectivity index (χ3n) is 1.99. The van der Waals surface area contributed by atoms with E-state index in [9.17, 15) is 4.79 Å². The van der Waals surface area contributed by atoms with Crippen molar-refractivity contribution in [1.82, 2.24) is 5.32 Å². The average Bonchev–Trinajstić information content (AvgIpc) is 2.26. The van der Waals surface area contributed by atoms with Crippen molar-refractivity contribution >= 4 is 5.91 Å². The van der Waals surface area contributed by atoms with Gasteiger partial charge >= 0.3 is 0 Å². The molecule has 1 aromatic rings. The molecule has 0 aromatic heterocycles. The molecule has 0 atom stereocenters. The molecule has 0 bridgehead atoms. The van der Waals surface area contributed by atoms with Crippen LogP contribution in [0.1, 0.15) is 22.1 Å². The summed E-state index contributed by atoms with van der Waals surface area (Å²) in [7, 11) is 0. The van der Waals surface area contributed by atoms with E-state index in [2.05, 4.69) is 5.32 Å². The maximum absolute atomic E-state index is 11.5. The Bertz CT molecular complexity index is 321. The summed E-state index contributed by atoms with van der Waals surface area (Å²) in [4.78, 5) is 11.5. The number of carbonyl (C=O) groups excluding carboxylic acids is 1. The molecule has 0 fully saturated rings. The number of rotatable bonds is 4. The first-order valence-corrected chi connectivity index (χ1v) is 4.74. The summed E-state index contributed by atoms with van der Waals surface area (Å²) in [6.45, 7) is 0.897. The second kappa shape index (κ2) is 5.45. The van der Waals surface area contributed by atoms with Crippen LogP contribution in [-0.2, 0) is 0 Å². The van der Waals surface area contributed by atoms with Crippen LogP contribution in [0.5, 0.6) is 0 Å². The molecule has 7 N–H and O–H groups in total. The summed E-state index contributed by atoms with van der Waals surface area (Å²) < 4.78 is 0. The minimum Gasteiger partial charge on any atom is -0.351 e. The third kappa shape index (κ3) is 3.32. The lowest BCUT2D eigenvalue weighted by atomic mass is 10.1. The van der Waals surface area contributed by atoms with E-state index in [1.165, 1.54) is 0 Å². The summed E-state index contributed by atoms with van der Waals surface area (Å²) in [6, 6.07) is 6.85. The number of hydrogen-bond donors (Lipinski definition) is 4. The van der Waals surface area contributed by atoms with Gasteiger partial charge in [-0.05, 0) is 17.7 Å². The van der Waals surface area contributed by atoms with E-state index in [1.54, 1.807) is 24.3 Å². The van der Waals surface area contributed by atoms with Gasteiger partial charge in [-0.25, -0.2) is 0 Å². The lowest BCUT2D eigenvalue weighted by molar-refractivity contribution is 0.0954. The minimum atomic E-state index is -0.508. The summed E-state index contributed by atoms with van der Waals surface area (Å²) in [5, 5.41) is 2.67. The second-order valence-electron chi connectivity index (χ2n) is 3.19. The molecule has 0 spiro atoms. The molecule has 1 amide bonds. The standard InChI is InChI=1S/C10H16N4O/c11-5-6-14-10(15)8-3-1-7(2-4-8)9(12)13/h1-4,9H,5-6,11-13H2,(H,14,15). The predicted octanol–water partition coefficient (Wildman–Crippen LogP) is -0.709. The number of amides is 1. The fourth-order valence-electron chi connectivity index (χ4n) is 1.14. The molecule has 1 rings (SSSR count). The fourth-order valence-corrected chi connectivity index (χ4v) is 1.14. The average molecular weight is 208 g/mol. The Balaban J connectivity index is 2.67. The van der Waals surface area contributed by atoms with Crippen LogP contribution in [0.25, 0.3) is 0 Å². The van der Waals surface area contributed by atoms with E-state index in [0.717, 1.165) is 5.56 Å². The molecule has 5 nitrogen and oxygen atoms in total. The molecule has 0 saturated carbocycles. The maximum atomic E-state index is 11.5. The number of hydrogen-bond acceptors (Lipinski definition) is 4. The van der Waals surface area contributed by atoms with Crippen LogP contribution in [-0.4, -0.2) is 19.0 Å². The molecule has 0 aliphatic heterocycles. The van der Waals surface area contributed by atoms with E-state index in [-0.39, 0.29) is 5.91 Å². The first-order valence-electron chi connectivity index (χ1n) is 4.74. The Morgan fingerprint density at radius 1 is 1.27 bits per heavy atom. The van der Waals surface area contributed by atoms with Crippen molar-refractivity contribution in [3.63, 3.8) is 0 Å². The number of carbonyl (C=O) groups is 1. The van der Waals surface area contributed by atoms with Gasteiger partial charge in [-0.15, -0.1) is 0 Å². The first-order chi connectivity index (χ1) is 7.15. The van der Waals surface area contributed by atoms with Crippen LogP contribution in [0.15, 0.2) is 24.3 Å². The SMILES string of the molecule is NCCNC(=O)c1ccc(C(N)N)cc1. The normalized spacial score (nSPS) is 10.4. The van der Waals surface area contributed by atoms with Crippen LogP contribution in [0.2, 0.25) is 0 Å². The topological polar surface area (TPSA) is 107 Å². The van der Waals surface area contributed by atoms with Gasteiger partial charge in [-0.1, -0.05) is 12.1 Å². The van der Waals surface area contributed by atoms with Gasteiger partial charge in [0.05, 0.1) is 6.17 Å². The zero-order valence-corrected chi connectivity index (χ0v) is 8.44. The zero-order chi connectivity index (χ0) is 11.3. The van der Waals surface area contributed by atoms with Crippen molar-refractivity contribution in [3.8, 4) is 0 Å². The van der Waals surface area contributed by atoms with Crippen LogP contribution in [0.3, 0.4) is 0 Å². The molecule has 0 heterocycles. The quantitative estimate of drug-likeness (QED) is 0.490. The first kappa shape index (κ1) is 11.6. The molecule has 1 aromatic carbocycles. The van der Waals surface area contributed by atoms with E-state index >= 15 is 0 Å². The molecule has 5 heteroatoms. The summed E-state index contributed by atoms with van der Waals surface area (Å²) >= 11 is 0. The minimum absolute atomic E-state index is 0.141. The molecule has 0 saturated heterocycles. The van der Waals surface area contributed by atoms with Gasteiger partial charge in [-0.3, -0.25) is 4.79 Å². The Morgan fingerprint density at radius 3 is 2.33 bits per heavy atom. The predicted molar refractivity (Wildman–Crippen MR) is 58.9 cm³/mol. The molecule has 0 aliphatic carbocycles. The van der Waals surface area contributed by atoms with Gasteiger partial charge in [0, 0.05) is 18.7 Å². The lowest BCUT2D eigenvalue weighted by Gasteiger charge is -2.07. The van der Waals surface area contributed by atoms with Crippen molar-refractivity contribution in [3.05, 3.63) is 35.4 Å². The van der Waals surface area contributed by atoms with Gasteiger partial charge in [0.2, 0.25) is 0 Å².